The van der Waals surface area contributed by atoms with Gasteiger partial charge in [-0.15, -0.1) is 11.3 Å². The predicted octanol–water partition coefficient (Wildman–Crippen LogP) is 16.2. The summed E-state index contributed by atoms with van der Waals surface area (Å²) < 4.78 is 11.9. The largest absolute Gasteiger partial charge is 0.454 e. The molecule has 302 valence electrons. The minimum Gasteiger partial charge on any atom is -0.454 e. The van der Waals surface area contributed by atoms with Gasteiger partial charge in [0.1, 0.15) is 5.58 Å². The van der Waals surface area contributed by atoms with E-state index in [0.717, 1.165) is 60.9 Å². The maximum atomic E-state index is 7.07. The van der Waals surface area contributed by atoms with Crippen molar-refractivity contribution >= 4 is 96.8 Å². The lowest BCUT2D eigenvalue weighted by molar-refractivity contribution is 0.666. The highest BCUT2D eigenvalue weighted by Gasteiger charge is 2.24. The highest BCUT2D eigenvalue weighted by Crippen LogP contribution is 2.45. The average molecular weight is 847 g/mol. The Morgan fingerprint density at radius 3 is 1.91 bits per heavy atom. The van der Waals surface area contributed by atoms with Crippen molar-refractivity contribution in [1.82, 2.24) is 19.5 Å². The smallest absolute Gasteiger partial charge is 0.164 e. The van der Waals surface area contributed by atoms with Crippen molar-refractivity contribution in [1.29, 1.82) is 0 Å². The van der Waals surface area contributed by atoms with Crippen LogP contribution in [0.5, 0.6) is 0 Å². The molecule has 0 saturated heterocycles. The van der Waals surface area contributed by atoms with Crippen LogP contribution in [0.25, 0.3) is 136 Å². The number of aromatic nitrogens is 4. The Bertz CT molecular complexity index is 4250. The van der Waals surface area contributed by atoms with E-state index in [1.54, 1.807) is 11.3 Å². The third-order valence-electron chi connectivity index (χ3n) is 13.0. The summed E-state index contributed by atoms with van der Waals surface area (Å²) in [6.07, 6.45) is 0. The lowest BCUT2D eigenvalue weighted by Crippen LogP contribution is -2.01. The molecule has 0 bridgehead atoms. The first kappa shape index (κ1) is 36.1. The van der Waals surface area contributed by atoms with Crippen molar-refractivity contribution in [3.8, 4) is 51.0 Å². The van der Waals surface area contributed by atoms with Gasteiger partial charge in [-0.1, -0.05) is 170 Å². The Hall–Kier alpha value is -8.45. The number of rotatable bonds is 5. The summed E-state index contributed by atoms with van der Waals surface area (Å²) in [5.41, 5.74) is 9.82. The molecule has 14 rings (SSSR count). The first-order chi connectivity index (χ1) is 32.2. The van der Waals surface area contributed by atoms with Gasteiger partial charge in [0, 0.05) is 63.8 Å². The second kappa shape index (κ2) is 14.0. The molecule has 4 heterocycles. The van der Waals surface area contributed by atoms with Gasteiger partial charge in [0.15, 0.2) is 23.1 Å². The van der Waals surface area contributed by atoms with Crippen LogP contribution < -0.4 is 0 Å². The van der Waals surface area contributed by atoms with Gasteiger partial charge >= 0.3 is 0 Å². The average Bonchev–Trinajstić information content (AvgIpc) is 4.06. The lowest BCUT2D eigenvalue weighted by atomic mass is 9.97. The Kier molecular flexibility index (Phi) is 7.79. The predicted molar refractivity (Wildman–Crippen MR) is 271 cm³/mol. The van der Waals surface area contributed by atoms with Crippen LogP contribution in [0, 0.1) is 0 Å². The molecule has 0 fully saturated rings. The van der Waals surface area contributed by atoms with Crippen molar-refractivity contribution in [3.05, 3.63) is 206 Å². The molecule has 5 nitrogen and oxygen atoms in total. The summed E-state index contributed by atoms with van der Waals surface area (Å²) in [5, 5.41) is 11.6. The summed E-state index contributed by atoms with van der Waals surface area (Å²) in [4.78, 5) is 15.8. The van der Waals surface area contributed by atoms with Crippen molar-refractivity contribution < 1.29 is 4.42 Å². The molecule has 0 radical (unpaired) electrons. The molecule has 14 aromatic rings. The van der Waals surface area contributed by atoms with Crippen molar-refractivity contribution in [2.75, 3.05) is 0 Å². The molecule has 4 aromatic heterocycles. The van der Waals surface area contributed by atoms with E-state index in [2.05, 4.69) is 187 Å². The first-order valence-electron chi connectivity index (χ1n) is 21.8. The maximum Gasteiger partial charge on any atom is 0.164 e. The molecule has 0 spiro atoms. The number of thiophene rings is 1. The van der Waals surface area contributed by atoms with Gasteiger partial charge in [0.25, 0.3) is 0 Å². The van der Waals surface area contributed by atoms with Gasteiger partial charge in [0.05, 0.1) is 16.7 Å². The zero-order valence-corrected chi connectivity index (χ0v) is 35.6. The Labute approximate surface area is 376 Å². The molecule has 0 aliphatic rings. The molecule has 65 heavy (non-hydrogen) atoms. The van der Waals surface area contributed by atoms with Crippen LogP contribution in [0.3, 0.4) is 0 Å². The Morgan fingerprint density at radius 2 is 1.03 bits per heavy atom. The molecular formula is C59H34N4OS. The van der Waals surface area contributed by atoms with Gasteiger partial charge in [-0.05, 0) is 63.7 Å². The van der Waals surface area contributed by atoms with E-state index in [4.69, 9.17) is 19.4 Å². The SMILES string of the molecule is c1ccc(-c2nc(-c3ccc4c(c3)sc3ccccc34)nc(-c3ccc(-n4c5cc(-c6cccc7ccccc67)ccc5c5ccc6ccccc6c54)c4oc5ccccc5c34)n2)cc1. The highest BCUT2D eigenvalue weighted by molar-refractivity contribution is 7.25. The van der Waals surface area contributed by atoms with Crippen LogP contribution in [-0.4, -0.2) is 19.5 Å². The first-order valence-corrected chi connectivity index (χ1v) is 22.7. The number of hydrogen-bond acceptors (Lipinski definition) is 5. The number of hydrogen-bond donors (Lipinski definition) is 0. The van der Waals surface area contributed by atoms with Gasteiger partial charge < -0.3 is 8.98 Å². The molecule has 0 atom stereocenters. The molecule has 0 amide bonds. The molecule has 6 heteroatoms. The minimum atomic E-state index is 0.583. The van der Waals surface area contributed by atoms with Crippen LogP contribution in [0.2, 0.25) is 0 Å². The van der Waals surface area contributed by atoms with Crippen molar-refractivity contribution in [3.63, 3.8) is 0 Å². The lowest BCUT2D eigenvalue weighted by Gasteiger charge is -2.14. The van der Waals surface area contributed by atoms with Crippen LogP contribution in [0.1, 0.15) is 0 Å². The fourth-order valence-corrected chi connectivity index (χ4v) is 11.2. The molecule has 0 N–H and O–H groups in total. The van der Waals surface area contributed by atoms with E-state index >= 15 is 0 Å². The molecule has 0 aliphatic carbocycles. The number of para-hydroxylation sites is 1. The second-order valence-electron chi connectivity index (χ2n) is 16.7. The van der Waals surface area contributed by atoms with E-state index < -0.39 is 0 Å². The normalized spacial score (nSPS) is 12.0. The van der Waals surface area contributed by atoms with E-state index in [0.29, 0.717) is 17.5 Å². The van der Waals surface area contributed by atoms with Gasteiger partial charge in [-0.2, -0.15) is 0 Å². The van der Waals surface area contributed by atoms with E-state index in [1.165, 1.54) is 58.1 Å². The van der Waals surface area contributed by atoms with Crippen LogP contribution in [0.4, 0.5) is 0 Å². The zero-order chi connectivity index (χ0) is 42.6. The molecule has 0 unspecified atom stereocenters. The standard InChI is InChI=1S/C59H34N4OS/c1-2-15-37(16-3-1)57-60-58(39-27-29-45-44-20-9-11-24-52(44)65-53(45)34-39)62-59(61-57)48-31-32-49(56-54(48)47-21-8-10-23-51(47)64-56)63-50-33-38(41-22-12-17-35-13-4-6-18-40(35)41)26-28-43(50)46-30-25-36-14-5-7-19-42(36)55(46)63/h1-34H. The molecule has 0 saturated carbocycles. The fourth-order valence-electron chi connectivity index (χ4n) is 10.1. The van der Waals surface area contributed by atoms with Gasteiger partial charge in [-0.25, -0.2) is 15.0 Å². The topological polar surface area (TPSA) is 56.7 Å². The summed E-state index contributed by atoms with van der Waals surface area (Å²) in [5.74, 6) is 1.81. The molecule has 10 aromatic carbocycles. The van der Waals surface area contributed by atoms with Crippen molar-refractivity contribution in [2.45, 2.75) is 0 Å². The third kappa shape index (κ3) is 5.54. The monoisotopic (exact) mass is 846 g/mol. The number of benzene rings is 10. The van der Waals surface area contributed by atoms with Crippen molar-refractivity contribution in [2.24, 2.45) is 0 Å². The Morgan fingerprint density at radius 1 is 0.385 bits per heavy atom. The van der Waals surface area contributed by atoms with Gasteiger partial charge in [0.2, 0.25) is 0 Å². The van der Waals surface area contributed by atoms with E-state index in [-0.39, 0.29) is 0 Å². The summed E-state index contributed by atoms with van der Waals surface area (Å²) in [6, 6.07) is 73.3. The maximum absolute atomic E-state index is 7.07. The third-order valence-corrected chi connectivity index (χ3v) is 14.2. The molecule has 0 aliphatic heterocycles. The number of nitrogens with zero attached hydrogens (tertiary/aromatic N) is 4. The Balaban J connectivity index is 1.05. The van der Waals surface area contributed by atoms with Crippen LogP contribution >= 0.6 is 11.3 Å². The quantitative estimate of drug-likeness (QED) is 0.173. The summed E-state index contributed by atoms with van der Waals surface area (Å²) in [7, 11) is 0. The number of fused-ring (bicyclic) bond motifs is 12. The highest BCUT2D eigenvalue weighted by atomic mass is 32.1. The van der Waals surface area contributed by atoms with E-state index in [9.17, 15) is 0 Å². The summed E-state index contributed by atoms with van der Waals surface area (Å²) in [6.45, 7) is 0. The number of furan rings is 1. The molecular weight excluding hydrogens is 813 g/mol. The fraction of sp³-hybridized carbons (Fsp3) is 0. The van der Waals surface area contributed by atoms with Crippen LogP contribution in [-0.2, 0) is 0 Å². The van der Waals surface area contributed by atoms with E-state index in [1.807, 2.05) is 24.3 Å². The second-order valence-corrected chi connectivity index (χ2v) is 17.8. The van der Waals surface area contributed by atoms with Crippen LogP contribution in [0.15, 0.2) is 211 Å². The zero-order valence-electron chi connectivity index (χ0n) is 34.7. The van der Waals surface area contributed by atoms with Gasteiger partial charge in [-0.3, -0.25) is 0 Å². The summed E-state index contributed by atoms with van der Waals surface area (Å²) >= 11 is 1.79. The minimum absolute atomic E-state index is 0.583.